The second-order valence-corrected chi connectivity index (χ2v) is 12.2. The van der Waals surface area contributed by atoms with Crippen molar-refractivity contribution in [2.24, 2.45) is 0 Å². The van der Waals surface area contributed by atoms with Gasteiger partial charge >= 0.3 is 5.97 Å². The molecule has 0 unspecified atom stereocenters. The van der Waals surface area contributed by atoms with Gasteiger partial charge in [-0.2, -0.15) is 0 Å². The Kier molecular flexibility index (Phi) is 8.94. The fourth-order valence-corrected chi connectivity index (χ4v) is 6.37. The Morgan fingerprint density at radius 3 is 2.61 bits per heavy atom. The van der Waals surface area contributed by atoms with Crippen molar-refractivity contribution in [1.82, 2.24) is 14.8 Å². The maximum absolute atomic E-state index is 12.9. The number of thioether (sulfide) groups is 1. The topological polar surface area (TPSA) is 95.3 Å². The lowest BCUT2D eigenvalue weighted by atomic mass is 9.87. The highest BCUT2D eigenvalue weighted by Gasteiger charge is 2.27. The molecule has 0 saturated heterocycles. The summed E-state index contributed by atoms with van der Waals surface area (Å²) in [5.41, 5.74) is 2.82. The minimum atomic E-state index is -0.407. The summed E-state index contributed by atoms with van der Waals surface area (Å²) in [6.45, 7) is 11.1. The maximum atomic E-state index is 12.9. The molecule has 2 aromatic heterocycles. The van der Waals surface area contributed by atoms with Gasteiger partial charge in [-0.1, -0.05) is 50.7 Å². The molecule has 0 bridgehead atoms. The number of aryl methyl sites for hydroxylation is 1. The lowest BCUT2D eigenvalue weighted by molar-refractivity contribution is -0.113. The summed E-state index contributed by atoms with van der Waals surface area (Å²) in [4.78, 5) is 26.5. The third kappa shape index (κ3) is 6.47. The summed E-state index contributed by atoms with van der Waals surface area (Å²) >= 11 is 2.75. The van der Waals surface area contributed by atoms with E-state index in [1.54, 1.807) is 6.08 Å². The summed E-state index contributed by atoms with van der Waals surface area (Å²) in [5.74, 6) is 0.888. The lowest BCUT2D eigenvalue weighted by Crippen LogP contribution is -2.17. The monoisotopic (exact) mass is 554 g/mol. The number of hydrogen-bond acceptors (Lipinski definition) is 8. The van der Waals surface area contributed by atoms with Gasteiger partial charge in [-0.15, -0.1) is 28.1 Å². The second-order valence-electron chi connectivity index (χ2n) is 10.1. The highest BCUT2D eigenvalue weighted by molar-refractivity contribution is 7.99. The zero-order chi connectivity index (χ0) is 27.3. The molecule has 8 nitrogen and oxygen atoms in total. The first-order valence-electron chi connectivity index (χ1n) is 12.6. The molecule has 0 spiro atoms. The van der Waals surface area contributed by atoms with Crippen molar-refractivity contribution in [3.63, 3.8) is 0 Å². The van der Waals surface area contributed by atoms with E-state index in [-0.39, 0.29) is 23.7 Å². The Morgan fingerprint density at radius 1 is 1.18 bits per heavy atom. The third-order valence-corrected chi connectivity index (χ3v) is 8.51. The van der Waals surface area contributed by atoms with E-state index in [0.717, 1.165) is 41.9 Å². The minimum Gasteiger partial charge on any atom is -0.486 e. The van der Waals surface area contributed by atoms with Crippen LogP contribution in [0.25, 0.3) is 0 Å². The van der Waals surface area contributed by atoms with Gasteiger partial charge in [0, 0.05) is 11.4 Å². The number of methoxy groups -OCH3 is 1. The van der Waals surface area contributed by atoms with E-state index < -0.39 is 5.97 Å². The number of nitrogens with one attached hydrogen (secondary N) is 1. The van der Waals surface area contributed by atoms with Crippen LogP contribution in [0.3, 0.4) is 0 Å². The fourth-order valence-electron chi connectivity index (χ4n) is 4.31. The largest absolute Gasteiger partial charge is 0.486 e. The van der Waals surface area contributed by atoms with Crippen molar-refractivity contribution in [2.75, 3.05) is 18.2 Å². The van der Waals surface area contributed by atoms with Crippen LogP contribution in [0.4, 0.5) is 5.00 Å². The number of thiophene rings is 1. The summed E-state index contributed by atoms with van der Waals surface area (Å²) in [6, 6.07) is 8.05. The second kappa shape index (κ2) is 12.2. The standard InChI is InChI=1S/C28H34N4O4S2/c1-6-15-32-22(16-36-19-13-11-18(12-14-19)28(2,3)4)30-31-27(32)37-17-23(33)29-25-24(26(34)35-5)20-9-7-8-10-21(20)38-25/h6,11-14H,1,7-10,15-17H2,2-5H3,(H,29,33). The highest BCUT2D eigenvalue weighted by Crippen LogP contribution is 2.38. The molecule has 3 aromatic rings. The van der Waals surface area contributed by atoms with E-state index in [4.69, 9.17) is 9.47 Å². The Labute approximate surface area is 231 Å². The van der Waals surface area contributed by atoms with Crippen LogP contribution in [0.1, 0.15) is 65.8 Å². The molecule has 202 valence electrons. The van der Waals surface area contributed by atoms with Gasteiger partial charge in [-0.05, 0) is 54.4 Å². The number of carbonyl (C=O) groups is 2. The number of rotatable bonds is 10. The van der Waals surface area contributed by atoms with E-state index >= 15 is 0 Å². The quantitative estimate of drug-likeness (QED) is 0.192. The van der Waals surface area contributed by atoms with Crippen molar-refractivity contribution in [2.45, 2.75) is 70.2 Å². The van der Waals surface area contributed by atoms with Gasteiger partial charge in [0.05, 0.1) is 18.4 Å². The van der Waals surface area contributed by atoms with Crippen molar-refractivity contribution < 1.29 is 19.1 Å². The van der Waals surface area contributed by atoms with Gasteiger partial charge in [0.2, 0.25) is 5.91 Å². The fraction of sp³-hybridized carbons (Fsp3) is 0.429. The molecule has 0 atom stereocenters. The number of benzene rings is 1. The molecule has 10 heteroatoms. The average molecular weight is 555 g/mol. The zero-order valence-electron chi connectivity index (χ0n) is 22.3. The van der Waals surface area contributed by atoms with Crippen LogP contribution < -0.4 is 10.1 Å². The zero-order valence-corrected chi connectivity index (χ0v) is 24.0. The van der Waals surface area contributed by atoms with Crippen LogP contribution in [0.15, 0.2) is 42.1 Å². The summed E-state index contributed by atoms with van der Waals surface area (Å²) in [5, 5.41) is 12.7. The molecule has 38 heavy (non-hydrogen) atoms. The van der Waals surface area contributed by atoms with Gasteiger partial charge in [0.1, 0.15) is 17.4 Å². The Balaban J connectivity index is 1.40. The number of amides is 1. The number of allylic oxidation sites excluding steroid dienone is 1. The maximum Gasteiger partial charge on any atom is 0.341 e. The molecular formula is C28H34N4O4S2. The molecule has 1 aliphatic carbocycles. The predicted molar refractivity (Wildman–Crippen MR) is 151 cm³/mol. The third-order valence-electron chi connectivity index (χ3n) is 6.34. The minimum absolute atomic E-state index is 0.0742. The predicted octanol–water partition coefficient (Wildman–Crippen LogP) is 5.80. The SMILES string of the molecule is C=CCn1c(COc2ccc(C(C)(C)C)cc2)nnc1SCC(=O)Nc1sc2c(c1C(=O)OC)CCCC2. The van der Waals surface area contributed by atoms with Gasteiger partial charge in [0.15, 0.2) is 11.0 Å². The van der Waals surface area contributed by atoms with E-state index in [9.17, 15) is 9.59 Å². The molecule has 1 aliphatic rings. The highest BCUT2D eigenvalue weighted by atomic mass is 32.2. The van der Waals surface area contributed by atoms with Crippen molar-refractivity contribution in [3.05, 3.63) is 64.3 Å². The summed E-state index contributed by atoms with van der Waals surface area (Å²) in [6.07, 6.45) is 5.63. The Bertz CT molecular complexity index is 1310. The molecular weight excluding hydrogens is 520 g/mol. The van der Waals surface area contributed by atoms with Crippen LogP contribution in [0, 0.1) is 0 Å². The number of anilines is 1. The number of nitrogens with zero attached hydrogens (tertiary/aromatic N) is 3. The van der Waals surface area contributed by atoms with Gasteiger partial charge in [0.25, 0.3) is 0 Å². The molecule has 2 heterocycles. The van der Waals surface area contributed by atoms with Crippen LogP contribution in [-0.2, 0) is 40.9 Å². The molecule has 0 saturated carbocycles. The molecule has 1 aromatic carbocycles. The normalized spacial score (nSPS) is 13.1. The molecule has 1 N–H and O–H groups in total. The first-order chi connectivity index (χ1) is 18.2. The average Bonchev–Trinajstić information content (AvgIpc) is 3.46. The molecule has 4 rings (SSSR count). The molecule has 1 amide bonds. The van der Waals surface area contributed by atoms with Crippen LogP contribution in [0.2, 0.25) is 0 Å². The van der Waals surface area contributed by atoms with E-state index in [2.05, 4.69) is 55.0 Å². The first-order valence-corrected chi connectivity index (χ1v) is 14.4. The van der Waals surface area contributed by atoms with Crippen molar-refractivity contribution >= 4 is 40.0 Å². The van der Waals surface area contributed by atoms with Crippen molar-refractivity contribution in [3.8, 4) is 5.75 Å². The van der Waals surface area contributed by atoms with Gasteiger partial charge in [-0.25, -0.2) is 4.79 Å². The van der Waals surface area contributed by atoms with Crippen LogP contribution in [-0.4, -0.2) is 39.5 Å². The Hall–Kier alpha value is -3.11. The first kappa shape index (κ1) is 27.9. The van der Waals surface area contributed by atoms with Crippen LogP contribution in [0.5, 0.6) is 5.75 Å². The Morgan fingerprint density at radius 2 is 1.92 bits per heavy atom. The lowest BCUT2D eigenvalue weighted by Gasteiger charge is -2.19. The van der Waals surface area contributed by atoms with E-state index in [0.29, 0.717) is 28.1 Å². The summed E-state index contributed by atoms with van der Waals surface area (Å²) < 4.78 is 12.9. The number of aromatic nitrogens is 3. The number of fused-ring (bicyclic) bond motifs is 1. The van der Waals surface area contributed by atoms with E-state index in [1.807, 2.05) is 16.7 Å². The van der Waals surface area contributed by atoms with Gasteiger partial charge < -0.3 is 14.8 Å². The molecule has 0 aliphatic heterocycles. The smallest absolute Gasteiger partial charge is 0.341 e. The number of ether oxygens (including phenoxy) is 2. The van der Waals surface area contributed by atoms with E-state index in [1.165, 1.54) is 35.8 Å². The van der Waals surface area contributed by atoms with Crippen LogP contribution >= 0.6 is 23.1 Å². The number of esters is 1. The summed E-state index contributed by atoms with van der Waals surface area (Å²) in [7, 11) is 1.37. The number of hydrogen-bond donors (Lipinski definition) is 1. The van der Waals surface area contributed by atoms with Gasteiger partial charge in [-0.3, -0.25) is 9.36 Å². The molecule has 0 fully saturated rings. The number of carbonyl (C=O) groups excluding carboxylic acids is 2. The van der Waals surface area contributed by atoms with Crippen molar-refractivity contribution in [1.29, 1.82) is 0 Å². The molecule has 0 radical (unpaired) electrons.